The van der Waals surface area contributed by atoms with Gasteiger partial charge >= 0.3 is 5.69 Å². The van der Waals surface area contributed by atoms with Crippen LogP contribution in [0.2, 0.25) is 0 Å². The fraction of sp³-hybridized carbons (Fsp3) is 0.312. The third kappa shape index (κ3) is 3.50. The number of nitrogens with zero attached hydrogens (tertiary/aromatic N) is 1. The number of benzene rings is 1. The van der Waals surface area contributed by atoms with E-state index in [-0.39, 0.29) is 18.0 Å². The summed E-state index contributed by atoms with van der Waals surface area (Å²) in [5.74, 6) is -0.114. The molecule has 3 rings (SSSR count). The van der Waals surface area contributed by atoms with Gasteiger partial charge in [0, 0.05) is 24.7 Å². The standard InChI is InChI=1S/C16H17N3O4/c20-13-4-2-1-3-11(13)8-17-15(22)12-7-14(21)19(16(23)18-12)9-10-5-6-10/h1-4,7,10,20H,5-6,8-9H2,(H,17,22)(H,18,23). The highest BCUT2D eigenvalue weighted by Crippen LogP contribution is 2.29. The molecule has 3 N–H and O–H groups in total. The minimum atomic E-state index is -0.572. The molecule has 1 aromatic carbocycles. The molecule has 0 radical (unpaired) electrons. The van der Waals surface area contributed by atoms with Gasteiger partial charge in [-0.3, -0.25) is 14.2 Å². The lowest BCUT2D eigenvalue weighted by atomic mass is 10.2. The zero-order chi connectivity index (χ0) is 16.4. The van der Waals surface area contributed by atoms with Gasteiger partial charge in [0.15, 0.2) is 0 Å². The number of nitrogens with one attached hydrogen (secondary N) is 2. The number of aromatic nitrogens is 2. The van der Waals surface area contributed by atoms with Gasteiger partial charge in [-0.05, 0) is 24.8 Å². The van der Waals surface area contributed by atoms with Gasteiger partial charge in [0.2, 0.25) is 0 Å². The number of carbonyl (C=O) groups is 1. The predicted molar refractivity (Wildman–Crippen MR) is 83.3 cm³/mol. The van der Waals surface area contributed by atoms with Gasteiger partial charge in [-0.25, -0.2) is 4.79 Å². The van der Waals surface area contributed by atoms with E-state index in [1.807, 2.05) is 0 Å². The molecule has 1 fully saturated rings. The van der Waals surface area contributed by atoms with Crippen molar-refractivity contribution in [3.8, 4) is 5.75 Å². The summed E-state index contributed by atoms with van der Waals surface area (Å²) in [6.45, 7) is 0.493. The number of H-pyrrole nitrogens is 1. The number of phenols is 1. The maximum atomic E-state index is 12.1. The molecule has 1 saturated carbocycles. The molecule has 1 aliphatic carbocycles. The molecule has 1 amide bonds. The van der Waals surface area contributed by atoms with Gasteiger partial charge in [0.05, 0.1) is 0 Å². The van der Waals surface area contributed by atoms with Crippen molar-refractivity contribution in [2.24, 2.45) is 5.92 Å². The second-order valence-corrected chi connectivity index (χ2v) is 5.69. The Labute approximate surface area is 131 Å². The molecule has 0 atom stereocenters. The summed E-state index contributed by atoms with van der Waals surface area (Å²) in [4.78, 5) is 38.4. The van der Waals surface area contributed by atoms with Crippen LogP contribution in [0.4, 0.5) is 0 Å². The Bertz CT molecular complexity index is 818. The van der Waals surface area contributed by atoms with Gasteiger partial charge in [0.1, 0.15) is 11.4 Å². The Morgan fingerprint density at radius 1 is 1.30 bits per heavy atom. The van der Waals surface area contributed by atoms with Crippen LogP contribution >= 0.6 is 0 Å². The maximum absolute atomic E-state index is 12.1. The predicted octanol–water partition coefficient (Wildman–Crippen LogP) is 0.582. The van der Waals surface area contributed by atoms with Crippen LogP contribution in [0, 0.1) is 5.92 Å². The molecular weight excluding hydrogens is 298 g/mol. The fourth-order valence-corrected chi connectivity index (χ4v) is 2.31. The van der Waals surface area contributed by atoms with E-state index < -0.39 is 17.2 Å². The maximum Gasteiger partial charge on any atom is 0.328 e. The first kappa shape index (κ1) is 15.1. The van der Waals surface area contributed by atoms with Gasteiger partial charge in [0.25, 0.3) is 11.5 Å². The normalized spacial score (nSPS) is 13.7. The Morgan fingerprint density at radius 3 is 2.70 bits per heavy atom. The zero-order valence-corrected chi connectivity index (χ0v) is 12.4. The molecule has 0 unspecified atom stereocenters. The number of amides is 1. The summed E-state index contributed by atoms with van der Waals surface area (Å²) in [6.07, 6.45) is 2.05. The van der Waals surface area contributed by atoms with Crippen LogP contribution in [0.15, 0.2) is 39.9 Å². The van der Waals surface area contributed by atoms with Crippen LogP contribution < -0.4 is 16.6 Å². The number of para-hydroxylation sites is 1. The van der Waals surface area contributed by atoms with E-state index in [0.29, 0.717) is 18.0 Å². The van der Waals surface area contributed by atoms with Crippen LogP contribution in [0.25, 0.3) is 0 Å². The highest BCUT2D eigenvalue weighted by molar-refractivity contribution is 5.92. The van der Waals surface area contributed by atoms with Crippen molar-refractivity contribution in [1.82, 2.24) is 14.9 Å². The van der Waals surface area contributed by atoms with Crippen LogP contribution in [0.5, 0.6) is 5.75 Å². The SMILES string of the molecule is O=C(NCc1ccccc1O)c1cc(=O)n(CC2CC2)c(=O)[nH]1. The Hall–Kier alpha value is -2.83. The van der Waals surface area contributed by atoms with E-state index in [1.165, 1.54) is 6.07 Å². The average Bonchev–Trinajstić information content (AvgIpc) is 3.33. The first-order valence-electron chi connectivity index (χ1n) is 7.44. The van der Waals surface area contributed by atoms with Gasteiger partial charge in [-0.15, -0.1) is 0 Å². The third-order valence-corrected chi connectivity index (χ3v) is 3.83. The third-order valence-electron chi connectivity index (χ3n) is 3.83. The van der Waals surface area contributed by atoms with E-state index in [9.17, 15) is 19.5 Å². The summed E-state index contributed by atoms with van der Waals surface area (Å²) in [5, 5.41) is 12.2. The highest BCUT2D eigenvalue weighted by Gasteiger charge is 2.23. The van der Waals surface area contributed by atoms with E-state index in [1.54, 1.807) is 18.2 Å². The van der Waals surface area contributed by atoms with Crippen LogP contribution in [-0.4, -0.2) is 20.6 Å². The lowest BCUT2D eigenvalue weighted by Crippen LogP contribution is -2.38. The molecule has 0 saturated heterocycles. The van der Waals surface area contributed by atoms with Crippen LogP contribution in [0.3, 0.4) is 0 Å². The summed E-state index contributed by atoms with van der Waals surface area (Å²) in [6, 6.07) is 7.73. The van der Waals surface area contributed by atoms with Gasteiger partial charge < -0.3 is 15.4 Å². The molecule has 23 heavy (non-hydrogen) atoms. The molecule has 1 aliphatic rings. The lowest BCUT2D eigenvalue weighted by molar-refractivity contribution is 0.0945. The van der Waals surface area contributed by atoms with Crippen LogP contribution in [0.1, 0.15) is 28.9 Å². The van der Waals surface area contributed by atoms with Crippen molar-refractivity contribution in [2.45, 2.75) is 25.9 Å². The monoisotopic (exact) mass is 315 g/mol. The summed E-state index contributed by atoms with van der Waals surface area (Å²) < 4.78 is 1.12. The molecule has 7 nitrogen and oxygen atoms in total. The summed E-state index contributed by atoms with van der Waals surface area (Å²) in [5.41, 5.74) is -0.585. The fourth-order valence-electron chi connectivity index (χ4n) is 2.31. The van der Waals surface area contributed by atoms with Crippen molar-refractivity contribution in [3.63, 3.8) is 0 Å². The number of rotatable bonds is 5. The number of aromatic hydroxyl groups is 1. The smallest absolute Gasteiger partial charge is 0.328 e. The Balaban J connectivity index is 1.73. The largest absolute Gasteiger partial charge is 0.508 e. The molecule has 120 valence electrons. The first-order valence-corrected chi connectivity index (χ1v) is 7.44. The molecule has 2 aromatic rings. The first-order chi connectivity index (χ1) is 11.0. The molecule has 1 heterocycles. The number of hydrogen-bond donors (Lipinski definition) is 3. The van der Waals surface area contributed by atoms with Gasteiger partial charge in [-0.2, -0.15) is 0 Å². The molecule has 7 heteroatoms. The summed E-state index contributed by atoms with van der Waals surface area (Å²) in [7, 11) is 0. The number of carbonyl (C=O) groups excluding carboxylic acids is 1. The van der Waals surface area contributed by atoms with Gasteiger partial charge in [-0.1, -0.05) is 18.2 Å². The Morgan fingerprint density at radius 2 is 2.04 bits per heavy atom. The van der Waals surface area contributed by atoms with Crippen molar-refractivity contribution in [2.75, 3.05) is 0 Å². The second kappa shape index (κ2) is 6.12. The minimum Gasteiger partial charge on any atom is -0.508 e. The van der Waals surface area contributed by atoms with Crippen molar-refractivity contribution < 1.29 is 9.90 Å². The topological polar surface area (TPSA) is 104 Å². The van der Waals surface area contributed by atoms with Crippen molar-refractivity contribution in [3.05, 3.63) is 62.4 Å². The van der Waals surface area contributed by atoms with E-state index >= 15 is 0 Å². The van der Waals surface area contributed by atoms with E-state index in [4.69, 9.17) is 0 Å². The molecular formula is C16H17N3O4. The van der Waals surface area contributed by atoms with E-state index in [2.05, 4.69) is 10.3 Å². The van der Waals surface area contributed by atoms with Crippen molar-refractivity contribution >= 4 is 5.91 Å². The second-order valence-electron chi connectivity index (χ2n) is 5.69. The number of phenolic OH excluding ortho intramolecular Hbond substituents is 1. The molecule has 0 aliphatic heterocycles. The summed E-state index contributed by atoms with van der Waals surface area (Å²) >= 11 is 0. The lowest BCUT2D eigenvalue weighted by Gasteiger charge is -2.08. The zero-order valence-electron chi connectivity index (χ0n) is 12.4. The quantitative estimate of drug-likeness (QED) is 0.751. The average molecular weight is 315 g/mol. The Kier molecular flexibility index (Phi) is 4.01. The molecule has 1 aromatic heterocycles. The molecule has 0 bridgehead atoms. The number of hydrogen-bond acceptors (Lipinski definition) is 4. The minimum absolute atomic E-state index is 0.0705. The van der Waals surface area contributed by atoms with Crippen LogP contribution in [-0.2, 0) is 13.1 Å². The van der Waals surface area contributed by atoms with E-state index in [0.717, 1.165) is 23.5 Å². The highest BCUT2D eigenvalue weighted by atomic mass is 16.3. The van der Waals surface area contributed by atoms with Crippen molar-refractivity contribution in [1.29, 1.82) is 0 Å². The molecule has 0 spiro atoms. The number of aromatic amines is 1.